The molecule has 0 bridgehead atoms. The van der Waals surface area contributed by atoms with Crippen LogP contribution in [0.4, 0.5) is 11.4 Å². The number of aryl methyl sites for hydroxylation is 1. The molecule has 6 heteroatoms. The molecule has 1 N–H and O–H groups in total. The van der Waals surface area contributed by atoms with E-state index in [1.54, 1.807) is 24.3 Å². The van der Waals surface area contributed by atoms with Gasteiger partial charge in [-0.15, -0.1) is 11.3 Å². The molecule has 29 heavy (non-hydrogen) atoms. The van der Waals surface area contributed by atoms with Gasteiger partial charge in [0.2, 0.25) is 0 Å². The molecular formula is C23H22N2O3S. The molecule has 148 valence electrons. The number of carbonyl (C=O) groups is 2. The first-order chi connectivity index (χ1) is 14.2. The average molecular weight is 407 g/mol. The second-order valence-electron chi connectivity index (χ2n) is 6.79. The first-order valence-corrected chi connectivity index (χ1v) is 10.6. The van der Waals surface area contributed by atoms with Crippen LogP contribution < -0.4 is 15.0 Å². The molecule has 0 spiro atoms. The number of nitrogens with one attached hydrogen (secondary N) is 1. The lowest BCUT2D eigenvalue weighted by atomic mass is 10.0. The molecule has 1 aliphatic heterocycles. The highest BCUT2D eigenvalue weighted by Gasteiger charge is 2.24. The van der Waals surface area contributed by atoms with E-state index in [1.807, 2.05) is 47.5 Å². The van der Waals surface area contributed by atoms with E-state index in [9.17, 15) is 9.59 Å². The van der Waals surface area contributed by atoms with Crippen molar-refractivity contribution in [2.24, 2.45) is 0 Å². The maximum Gasteiger partial charge on any atom is 0.268 e. The number of ether oxygens (including phenoxy) is 1. The molecule has 2 heterocycles. The van der Waals surface area contributed by atoms with Gasteiger partial charge in [0.05, 0.1) is 11.5 Å². The Labute approximate surface area is 173 Å². The SMILES string of the molecule is CCOc1ccc(C(=O)Nc2ccc3c(c2)CCCN3C(=O)c2cccs2)cc1. The highest BCUT2D eigenvalue weighted by atomic mass is 32.1. The molecule has 1 aromatic heterocycles. The van der Waals surface area contributed by atoms with Crippen LogP contribution >= 0.6 is 11.3 Å². The number of fused-ring (bicyclic) bond motifs is 1. The molecule has 0 aliphatic carbocycles. The summed E-state index contributed by atoms with van der Waals surface area (Å²) in [6.07, 6.45) is 1.79. The number of anilines is 2. The molecular weight excluding hydrogens is 384 g/mol. The van der Waals surface area contributed by atoms with Crippen molar-refractivity contribution in [3.05, 3.63) is 76.0 Å². The van der Waals surface area contributed by atoms with Crippen molar-refractivity contribution in [3.8, 4) is 5.75 Å². The van der Waals surface area contributed by atoms with Crippen LogP contribution in [0.3, 0.4) is 0 Å². The zero-order valence-corrected chi connectivity index (χ0v) is 17.0. The van der Waals surface area contributed by atoms with Crippen molar-refractivity contribution in [2.75, 3.05) is 23.4 Å². The van der Waals surface area contributed by atoms with Crippen molar-refractivity contribution >= 4 is 34.5 Å². The van der Waals surface area contributed by atoms with Gasteiger partial charge in [-0.25, -0.2) is 0 Å². The van der Waals surface area contributed by atoms with Gasteiger partial charge in [-0.2, -0.15) is 0 Å². The van der Waals surface area contributed by atoms with E-state index >= 15 is 0 Å². The molecule has 0 saturated heterocycles. The highest BCUT2D eigenvalue weighted by molar-refractivity contribution is 7.12. The van der Waals surface area contributed by atoms with E-state index < -0.39 is 0 Å². The van der Waals surface area contributed by atoms with Crippen LogP contribution in [0.15, 0.2) is 60.0 Å². The predicted octanol–water partition coefficient (Wildman–Crippen LogP) is 4.99. The Morgan fingerprint density at radius 3 is 2.69 bits per heavy atom. The summed E-state index contributed by atoms with van der Waals surface area (Å²) in [5, 5.41) is 4.86. The number of amides is 2. The molecule has 0 atom stereocenters. The van der Waals surface area contributed by atoms with Crippen LogP contribution in [0.25, 0.3) is 0 Å². The molecule has 0 fully saturated rings. The van der Waals surface area contributed by atoms with Crippen molar-refractivity contribution in [1.29, 1.82) is 0 Å². The van der Waals surface area contributed by atoms with Gasteiger partial charge in [-0.3, -0.25) is 9.59 Å². The van der Waals surface area contributed by atoms with Gasteiger partial charge in [0, 0.05) is 23.5 Å². The molecule has 1 aliphatic rings. The van der Waals surface area contributed by atoms with E-state index in [0.29, 0.717) is 18.7 Å². The van der Waals surface area contributed by atoms with Gasteiger partial charge in [0.25, 0.3) is 11.8 Å². The standard InChI is InChI=1S/C23H22N2O3S/c1-2-28-19-10-7-16(8-11-19)22(26)24-18-9-12-20-17(15-18)5-3-13-25(20)23(27)21-6-4-14-29-21/h4,6-12,14-15H,2-3,5,13H2,1H3,(H,24,26). The van der Waals surface area contributed by atoms with Gasteiger partial charge < -0.3 is 15.0 Å². The van der Waals surface area contributed by atoms with Crippen LogP contribution in [0.2, 0.25) is 0 Å². The molecule has 4 rings (SSSR count). The van der Waals surface area contributed by atoms with Gasteiger partial charge in [0.1, 0.15) is 5.75 Å². The highest BCUT2D eigenvalue weighted by Crippen LogP contribution is 2.31. The zero-order chi connectivity index (χ0) is 20.2. The first-order valence-electron chi connectivity index (χ1n) is 9.68. The van der Waals surface area contributed by atoms with Gasteiger partial charge >= 0.3 is 0 Å². The number of rotatable bonds is 5. The number of thiophene rings is 1. The first kappa shape index (κ1) is 19.2. The van der Waals surface area contributed by atoms with Crippen LogP contribution in [-0.4, -0.2) is 25.0 Å². The molecule has 0 saturated carbocycles. The van der Waals surface area contributed by atoms with Gasteiger partial charge in [-0.1, -0.05) is 6.07 Å². The quantitative estimate of drug-likeness (QED) is 0.649. The molecule has 2 amide bonds. The van der Waals surface area contributed by atoms with E-state index in [2.05, 4.69) is 5.32 Å². The maximum atomic E-state index is 12.8. The third kappa shape index (κ3) is 4.17. The summed E-state index contributed by atoms with van der Waals surface area (Å²) in [4.78, 5) is 27.9. The summed E-state index contributed by atoms with van der Waals surface area (Å²) >= 11 is 1.46. The minimum atomic E-state index is -0.171. The third-order valence-electron chi connectivity index (χ3n) is 4.86. The Hall–Kier alpha value is -3.12. The topological polar surface area (TPSA) is 58.6 Å². The second-order valence-corrected chi connectivity index (χ2v) is 7.74. The van der Waals surface area contributed by atoms with Crippen molar-refractivity contribution in [2.45, 2.75) is 19.8 Å². The van der Waals surface area contributed by atoms with Crippen LogP contribution in [0, 0.1) is 0 Å². The Kier molecular flexibility index (Phi) is 5.62. The van der Waals surface area contributed by atoms with Crippen LogP contribution in [0.5, 0.6) is 5.75 Å². The Morgan fingerprint density at radius 1 is 1.14 bits per heavy atom. The lowest BCUT2D eigenvalue weighted by Crippen LogP contribution is -2.35. The number of nitrogens with zero attached hydrogens (tertiary/aromatic N) is 1. The van der Waals surface area contributed by atoms with Crippen LogP contribution in [0.1, 0.15) is 38.9 Å². The lowest BCUT2D eigenvalue weighted by molar-refractivity contribution is 0.0987. The molecule has 0 unspecified atom stereocenters. The molecule has 5 nitrogen and oxygen atoms in total. The van der Waals surface area contributed by atoms with Crippen LogP contribution in [-0.2, 0) is 6.42 Å². The summed E-state index contributed by atoms with van der Waals surface area (Å²) in [6, 6.07) is 16.6. The van der Waals surface area contributed by atoms with Crippen molar-refractivity contribution in [1.82, 2.24) is 0 Å². The number of benzene rings is 2. The number of carbonyl (C=O) groups excluding carboxylic acids is 2. The lowest BCUT2D eigenvalue weighted by Gasteiger charge is -2.29. The monoisotopic (exact) mass is 406 g/mol. The van der Waals surface area contributed by atoms with Gasteiger partial charge in [0.15, 0.2) is 0 Å². The summed E-state index contributed by atoms with van der Waals surface area (Å²) in [5.41, 5.74) is 3.30. The summed E-state index contributed by atoms with van der Waals surface area (Å²) in [6.45, 7) is 3.22. The smallest absolute Gasteiger partial charge is 0.268 e. The average Bonchev–Trinajstić information content (AvgIpc) is 3.28. The zero-order valence-electron chi connectivity index (χ0n) is 16.2. The van der Waals surface area contributed by atoms with E-state index in [-0.39, 0.29) is 11.8 Å². The van der Waals surface area contributed by atoms with Gasteiger partial charge in [-0.05, 0) is 79.2 Å². The summed E-state index contributed by atoms with van der Waals surface area (Å²) in [5.74, 6) is 0.607. The maximum absolute atomic E-state index is 12.8. The minimum absolute atomic E-state index is 0.0344. The molecule has 2 aromatic carbocycles. The number of hydrogen-bond acceptors (Lipinski definition) is 4. The van der Waals surface area contributed by atoms with Crippen molar-refractivity contribution in [3.63, 3.8) is 0 Å². The number of hydrogen-bond donors (Lipinski definition) is 1. The van der Waals surface area contributed by atoms with E-state index in [4.69, 9.17) is 4.74 Å². The fourth-order valence-corrected chi connectivity index (χ4v) is 4.16. The fraction of sp³-hybridized carbons (Fsp3) is 0.217. The van der Waals surface area contributed by atoms with Crippen molar-refractivity contribution < 1.29 is 14.3 Å². The predicted molar refractivity (Wildman–Crippen MR) is 116 cm³/mol. The second kappa shape index (κ2) is 8.49. The largest absolute Gasteiger partial charge is 0.494 e. The third-order valence-corrected chi connectivity index (χ3v) is 5.72. The molecule has 3 aromatic rings. The normalized spacial score (nSPS) is 12.9. The van der Waals surface area contributed by atoms with E-state index in [1.165, 1.54) is 11.3 Å². The fourth-order valence-electron chi connectivity index (χ4n) is 3.49. The Morgan fingerprint density at radius 2 is 1.97 bits per heavy atom. The minimum Gasteiger partial charge on any atom is -0.494 e. The Balaban J connectivity index is 1.50. The van der Waals surface area contributed by atoms with E-state index in [0.717, 1.165) is 40.4 Å². The summed E-state index contributed by atoms with van der Waals surface area (Å²) in [7, 11) is 0. The Bertz CT molecular complexity index is 1010. The summed E-state index contributed by atoms with van der Waals surface area (Å²) < 4.78 is 5.41. The molecule has 0 radical (unpaired) electrons.